The summed E-state index contributed by atoms with van der Waals surface area (Å²) in [5.41, 5.74) is -6.85. The number of carboxylic acid groups (broad SMARTS) is 6. The van der Waals surface area contributed by atoms with E-state index in [4.69, 9.17) is 0 Å². The maximum absolute atomic E-state index is 10.4. The second-order valence-electron chi connectivity index (χ2n) is 11.1. The molecule has 49 heavy (non-hydrogen) atoms. The van der Waals surface area contributed by atoms with Gasteiger partial charge in [-0.15, -0.1) is 0 Å². The van der Waals surface area contributed by atoms with Crippen molar-refractivity contribution < 1.29 is 74.7 Å². The summed E-state index contributed by atoms with van der Waals surface area (Å²) >= 11 is 3.37. The minimum atomic E-state index is -2.28. The molecule has 0 saturated heterocycles. The van der Waals surface area contributed by atoms with Crippen LogP contribution in [-0.2, 0) is 28.8 Å². The van der Waals surface area contributed by atoms with Gasteiger partial charge in [0.15, 0.2) is 0 Å². The van der Waals surface area contributed by atoms with Gasteiger partial charge in [-0.2, -0.15) is 0 Å². The van der Waals surface area contributed by atoms with E-state index >= 15 is 0 Å². The number of carbonyl (C=O) groups is 6. The Bertz CT molecular complexity index is 804. The summed E-state index contributed by atoms with van der Waals surface area (Å²) in [7, 11) is 0. The van der Waals surface area contributed by atoms with E-state index in [-0.39, 0.29) is 19.3 Å². The monoisotopic (exact) mass is 918 g/mol. The summed E-state index contributed by atoms with van der Waals surface area (Å²) in [6.07, 6.45) is 5.74. The molecule has 0 heterocycles. The van der Waals surface area contributed by atoms with Crippen molar-refractivity contribution >= 4 is 80.9 Å². The van der Waals surface area contributed by atoms with Crippen molar-refractivity contribution in [3.05, 3.63) is 0 Å². The van der Waals surface area contributed by atoms with Gasteiger partial charge in [-0.25, -0.2) is 0 Å². The first-order valence-electron chi connectivity index (χ1n) is 16.3. The molecule has 0 spiro atoms. The molecule has 15 nitrogen and oxygen atoms in total. The molecule has 0 bridgehead atoms. The van der Waals surface area contributed by atoms with E-state index in [2.05, 4.69) is 13.8 Å². The first-order valence-corrected chi connectivity index (χ1v) is 20.3. The molecule has 3 unspecified atom stereocenters. The fourth-order valence-electron chi connectivity index (χ4n) is 3.27. The molecule has 0 aliphatic carbocycles. The van der Waals surface area contributed by atoms with Crippen LogP contribution < -0.4 is 30.6 Å². The van der Waals surface area contributed by atoms with Gasteiger partial charge in [0, 0.05) is 37.2 Å². The van der Waals surface area contributed by atoms with Gasteiger partial charge in [-0.05, 0) is 19.3 Å². The summed E-state index contributed by atoms with van der Waals surface area (Å²) in [5.74, 6) is -10.1. The quantitative estimate of drug-likeness (QED) is 0.0876. The number of aliphatic carboxylic acids is 6. The fourth-order valence-corrected chi connectivity index (χ4v) is 5.28. The molecule has 0 aromatic carbocycles. The maximum atomic E-state index is 10.4. The molecule has 0 rings (SSSR count). The molecule has 0 fully saturated rings. The van der Waals surface area contributed by atoms with Crippen molar-refractivity contribution in [3.63, 3.8) is 0 Å². The Morgan fingerprint density at radius 2 is 0.612 bits per heavy atom. The van der Waals surface area contributed by atoms with Gasteiger partial charge in [-0.3, -0.25) is 0 Å². The van der Waals surface area contributed by atoms with Crippen LogP contribution in [0.3, 0.4) is 0 Å². The zero-order valence-electron chi connectivity index (χ0n) is 29.5. The normalized spacial score (nSPS) is 13.6. The fraction of sp³-hybridized carbons (Fsp3) is 0.812. The average molecular weight is 916 g/mol. The van der Waals surface area contributed by atoms with E-state index in [1.54, 1.807) is 65.8 Å². The van der Waals surface area contributed by atoms with E-state index < -0.39 is 71.9 Å². The minimum absolute atomic E-state index is 0.125. The molecule has 3 N–H and O–H groups in total. The Balaban J connectivity index is -0.000000173. The third-order valence-corrected chi connectivity index (χ3v) is 8.36. The molecule has 0 aromatic heterocycles. The SMILES string of the molecule is CCCCC(O)(CC(=O)[O-])C(=O)[O-].CCCCC(O)(CC(=O)[O-])C(=O)[O-].CCCCC(O)(CC(=O)[O-])C(=O)[O-].CCC[CH2][Sn+3].CCC[CH2][Sn+3]. The molecule has 3 atom stereocenters. The Labute approximate surface area is 317 Å². The summed E-state index contributed by atoms with van der Waals surface area (Å²) < 4.78 is 2.87. The van der Waals surface area contributed by atoms with Crippen LogP contribution in [0.2, 0.25) is 8.87 Å². The van der Waals surface area contributed by atoms with Crippen LogP contribution in [-0.4, -0.2) is 113 Å². The van der Waals surface area contributed by atoms with E-state index in [1.165, 1.54) is 34.6 Å². The second kappa shape index (κ2) is 34.7. The summed E-state index contributed by atoms with van der Waals surface area (Å²) in [6, 6.07) is 0. The number of aliphatic hydroxyl groups is 3. The zero-order valence-corrected chi connectivity index (χ0v) is 35.2. The Hall–Kier alpha value is -1.70. The second-order valence-corrected chi connectivity index (χ2v) is 14.0. The van der Waals surface area contributed by atoms with Crippen LogP contribution in [0.15, 0.2) is 0 Å². The number of carbonyl (C=O) groups excluding carboxylic acids is 6. The van der Waals surface area contributed by atoms with Crippen molar-refractivity contribution in [3.8, 4) is 0 Å². The number of hydrogen-bond donors (Lipinski definition) is 3. The third-order valence-electron chi connectivity index (χ3n) is 6.34. The first kappa shape index (κ1) is 56.7. The van der Waals surface area contributed by atoms with Crippen LogP contribution in [0.4, 0.5) is 0 Å². The zero-order chi connectivity index (χ0) is 39.7. The van der Waals surface area contributed by atoms with Crippen LogP contribution in [0.1, 0.15) is 137 Å². The van der Waals surface area contributed by atoms with E-state index in [0.717, 1.165) is 0 Å². The van der Waals surface area contributed by atoms with Gasteiger partial charge in [-0.1, -0.05) is 59.3 Å². The van der Waals surface area contributed by atoms with Crippen molar-refractivity contribution in [1.82, 2.24) is 0 Å². The van der Waals surface area contributed by atoms with Crippen LogP contribution in [0.25, 0.3) is 0 Å². The predicted octanol–water partition coefficient (Wildman–Crippen LogP) is -3.86. The molecule has 0 aliphatic heterocycles. The van der Waals surface area contributed by atoms with Crippen LogP contribution in [0, 0.1) is 0 Å². The van der Waals surface area contributed by atoms with Crippen molar-refractivity contribution in [2.45, 2.75) is 163 Å². The van der Waals surface area contributed by atoms with Crippen molar-refractivity contribution in [1.29, 1.82) is 0 Å². The number of rotatable bonds is 22. The van der Waals surface area contributed by atoms with Gasteiger partial charge in [0.2, 0.25) is 0 Å². The number of unbranched alkanes of at least 4 members (excludes halogenated alkanes) is 5. The molecule has 17 heteroatoms. The molecule has 280 valence electrons. The Kier molecular flexibility index (Phi) is 40.2. The molecule has 0 aliphatic rings. The number of carboxylic acids is 6. The molecular weight excluding hydrogens is 862 g/mol. The van der Waals surface area contributed by atoms with Crippen LogP contribution in [0.5, 0.6) is 0 Å². The van der Waals surface area contributed by atoms with Crippen LogP contribution >= 0.6 is 0 Å². The summed E-state index contributed by atoms with van der Waals surface area (Å²) in [5, 5.41) is 89.5. The number of hydrogen-bond acceptors (Lipinski definition) is 15. The van der Waals surface area contributed by atoms with Crippen molar-refractivity contribution in [2.75, 3.05) is 0 Å². The van der Waals surface area contributed by atoms with Gasteiger partial charge < -0.3 is 74.7 Å². The van der Waals surface area contributed by atoms with Crippen molar-refractivity contribution in [2.24, 2.45) is 0 Å². The molecular formula is C32H54O15Sn2. The molecule has 0 amide bonds. The Morgan fingerprint density at radius 1 is 0.429 bits per heavy atom. The van der Waals surface area contributed by atoms with E-state index in [9.17, 15) is 74.7 Å². The first-order chi connectivity index (χ1) is 22.6. The third kappa shape index (κ3) is 35.9. The molecule has 0 saturated carbocycles. The van der Waals surface area contributed by atoms with E-state index in [1.807, 2.05) is 0 Å². The molecule has 0 radical (unpaired) electrons. The van der Waals surface area contributed by atoms with Gasteiger partial charge >= 0.3 is 93.5 Å². The standard InChI is InChI=1S/3C8H14O5.2C4H9.2Sn/c3*1-2-3-4-8(13,7(11)12)5-6(9)10;2*1-3-4-2;;/h3*13H,2-5H2,1H3,(H,9,10)(H,11,12);2*1,3-4H2,2H3;;/q;;;;;2*+3/p-6. The summed E-state index contributed by atoms with van der Waals surface area (Å²) in [4.78, 5) is 61.6. The van der Waals surface area contributed by atoms with Gasteiger partial charge in [0.1, 0.15) is 16.8 Å². The van der Waals surface area contributed by atoms with Gasteiger partial charge in [0.25, 0.3) is 0 Å². The predicted molar refractivity (Wildman–Crippen MR) is 168 cm³/mol. The average Bonchev–Trinajstić information content (AvgIpc) is 2.99. The van der Waals surface area contributed by atoms with E-state index in [0.29, 0.717) is 38.5 Å². The molecule has 0 aromatic rings. The summed E-state index contributed by atoms with van der Waals surface area (Å²) in [6.45, 7) is 9.85. The topological polar surface area (TPSA) is 301 Å². The Morgan fingerprint density at radius 3 is 0.694 bits per heavy atom. The van der Waals surface area contributed by atoms with Gasteiger partial charge in [0.05, 0.1) is 17.9 Å².